The molecule has 1 aromatic heterocycles. The fraction of sp³-hybridized carbons (Fsp3) is 0.706. The minimum absolute atomic E-state index is 0.113. The Morgan fingerprint density at radius 2 is 1.96 bits per heavy atom. The number of carbonyl (C=O) groups excluding carboxylic acids is 2. The number of esters is 1. The molecule has 1 amide bonds. The second-order valence-electron chi connectivity index (χ2n) is 6.98. The number of hydrogen-bond acceptors (Lipinski definition) is 6. The average Bonchev–Trinajstić information content (AvgIpc) is 3.24. The van der Waals surface area contributed by atoms with Gasteiger partial charge in [0.15, 0.2) is 5.13 Å². The van der Waals surface area contributed by atoms with Crippen LogP contribution in [0.4, 0.5) is 5.13 Å². The maximum absolute atomic E-state index is 13.1. The Kier molecular flexibility index (Phi) is 4.20. The maximum atomic E-state index is 13.1. The molecule has 7 heteroatoms. The summed E-state index contributed by atoms with van der Waals surface area (Å²) in [5.41, 5.74) is -0.515. The van der Waals surface area contributed by atoms with Crippen LogP contribution in [0.25, 0.3) is 0 Å². The molecule has 0 bridgehead atoms. The van der Waals surface area contributed by atoms with Gasteiger partial charge in [0.2, 0.25) is 5.91 Å². The highest BCUT2D eigenvalue weighted by molar-refractivity contribution is 7.13. The number of hydrogen-bond donors (Lipinski definition) is 0. The van der Waals surface area contributed by atoms with Crippen molar-refractivity contribution in [2.24, 2.45) is 5.92 Å². The average molecular weight is 349 g/mol. The van der Waals surface area contributed by atoms with E-state index in [2.05, 4.69) is 9.88 Å². The molecule has 3 aliphatic rings. The lowest BCUT2D eigenvalue weighted by Crippen LogP contribution is -2.53. The summed E-state index contributed by atoms with van der Waals surface area (Å²) in [6.07, 6.45) is 7.02. The number of anilines is 1. The van der Waals surface area contributed by atoms with Crippen LogP contribution in [-0.2, 0) is 14.3 Å². The lowest BCUT2D eigenvalue weighted by atomic mass is 9.75. The van der Waals surface area contributed by atoms with Gasteiger partial charge >= 0.3 is 5.97 Å². The fourth-order valence-electron chi connectivity index (χ4n) is 4.32. The van der Waals surface area contributed by atoms with Gasteiger partial charge in [0.05, 0.1) is 12.3 Å². The van der Waals surface area contributed by atoms with E-state index in [1.807, 2.05) is 16.5 Å². The topological polar surface area (TPSA) is 62.7 Å². The number of piperazine rings is 1. The lowest BCUT2D eigenvalue weighted by molar-refractivity contribution is -0.155. The second kappa shape index (κ2) is 6.35. The number of nitrogens with zero attached hydrogens (tertiary/aromatic N) is 3. The molecule has 130 valence electrons. The van der Waals surface area contributed by atoms with Crippen LogP contribution in [0.2, 0.25) is 0 Å². The summed E-state index contributed by atoms with van der Waals surface area (Å²) in [5, 5.41) is 2.99. The van der Waals surface area contributed by atoms with Gasteiger partial charge in [-0.3, -0.25) is 9.59 Å². The largest absolute Gasteiger partial charge is 0.458 e. The van der Waals surface area contributed by atoms with Crippen molar-refractivity contribution >= 4 is 28.3 Å². The molecule has 24 heavy (non-hydrogen) atoms. The Morgan fingerprint density at radius 3 is 2.62 bits per heavy atom. The third-order valence-corrected chi connectivity index (χ3v) is 6.43. The van der Waals surface area contributed by atoms with Crippen LogP contribution in [0.1, 0.15) is 38.5 Å². The number of amides is 1. The van der Waals surface area contributed by atoms with Crippen molar-refractivity contribution in [2.75, 3.05) is 31.1 Å². The first-order valence-electron chi connectivity index (χ1n) is 8.83. The number of carbonyl (C=O) groups is 2. The minimum atomic E-state index is -0.515. The quantitative estimate of drug-likeness (QED) is 0.765. The van der Waals surface area contributed by atoms with Crippen molar-refractivity contribution < 1.29 is 14.3 Å². The van der Waals surface area contributed by atoms with E-state index in [9.17, 15) is 9.59 Å². The molecule has 1 unspecified atom stereocenters. The molecule has 1 aromatic rings. The maximum Gasteiger partial charge on any atom is 0.307 e. The molecule has 1 aliphatic carbocycles. The molecule has 0 radical (unpaired) electrons. The molecular formula is C17H23N3O3S. The fourth-order valence-corrected chi connectivity index (χ4v) is 5.01. The highest BCUT2D eigenvalue weighted by atomic mass is 32.1. The van der Waals surface area contributed by atoms with Crippen LogP contribution < -0.4 is 4.90 Å². The van der Waals surface area contributed by atoms with Crippen LogP contribution in [0.15, 0.2) is 11.6 Å². The predicted molar refractivity (Wildman–Crippen MR) is 90.9 cm³/mol. The second-order valence-corrected chi connectivity index (χ2v) is 7.86. The van der Waals surface area contributed by atoms with Crippen molar-refractivity contribution in [3.8, 4) is 0 Å². The van der Waals surface area contributed by atoms with Gasteiger partial charge in [-0.2, -0.15) is 0 Å². The van der Waals surface area contributed by atoms with Crippen molar-refractivity contribution in [3.05, 3.63) is 11.6 Å². The van der Waals surface area contributed by atoms with E-state index in [0.717, 1.165) is 43.9 Å². The highest BCUT2D eigenvalue weighted by Gasteiger charge is 2.53. The van der Waals surface area contributed by atoms with E-state index < -0.39 is 5.60 Å². The molecule has 2 saturated heterocycles. The first-order valence-corrected chi connectivity index (χ1v) is 9.71. The Labute approximate surface area is 145 Å². The van der Waals surface area contributed by atoms with Crippen molar-refractivity contribution in [3.63, 3.8) is 0 Å². The molecule has 6 nitrogen and oxygen atoms in total. The Bertz CT molecular complexity index is 605. The third-order valence-electron chi connectivity index (χ3n) is 5.60. The van der Waals surface area contributed by atoms with Gasteiger partial charge < -0.3 is 14.5 Å². The first kappa shape index (κ1) is 15.9. The van der Waals surface area contributed by atoms with Gasteiger partial charge in [-0.15, -0.1) is 11.3 Å². The van der Waals surface area contributed by atoms with Crippen molar-refractivity contribution in [1.82, 2.24) is 9.88 Å². The number of aromatic nitrogens is 1. The zero-order valence-electron chi connectivity index (χ0n) is 13.8. The molecule has 1 saturated carbocycles. The van der Waals surface area contributed by atoms with Gasteiger partial charge in [0.1, 0.15) is 5.60 Å². The van der Waals surface area contributed by atoms with Crippen LogP contribution >= 0.6 is 11.3 Å². The van der Waals surface area contributed by atoms with E-state index >= 15 is 0 Å². The van der Waals surface area contributed by atoms with Crippen LogP contribution in [0, 0.1) is 5.92 Å². The summed E-state index contributed by atoms with van der Waals surface area (Å²) in [5.74, 6) is -0.366. The molecule has 3 fully saturated rings. The van der Waals surface area contributed by atoms with Gasteiger partial charge in [-0.25, -0.2) is 4.98 Å². The van der Waals surface area contributed by atoms with Gasteiger partial charge in [-0.1, -0.05) is 6.42 Å². The van der Waals surface area contributed by atoms with Gasteiger partial charge in [0.25, 0.3) is 0 Å². The molecule has 2 aliphatic heterocycles. The van der Waals surface area contributed by atoms with E-state index in [1.54, 1.807) is 11.3 Å². The summed E-state index contributed by atoms with van der Waals surface area (Å²) in [4.78, 5) is 33.5. The molecule has 3 heterocycles. The van der Waals surface area contributed by atoms with Crippen LogP contribution in [0.3, 0.4) is 0 Å². The lowest BCUT2D eigenvalue weighted by Gasteiger charge is -2.40. The van der Waals surface area contributed by atoms with Crippen molar-refractivity contribution in [1.29, 1.82) is 0 Å². The highest BCUT2D eigenvalue weighted by Crippen LogP contribution is 2.45. The zero-order chi connectivity index (χ0) is 16.6. The normalized spacial score (nSPS) is 26.7. The van der Waals surface area contributed by atoms with Gasteiger partial charge in [0, 0.05) is 37.8 Å². The summed E-state index contributed by atoms with van der Waals surface area (Å²) < 4.78 is 5.69. The summed E-state index contributed by atoms with van der Waals surface area (Å²) in [6, 6.07) is 0. The van der Waals surface area contributed by atoms with E-state index in [1.165, 1.54) is 6.42 Å². The summed E-state index contributed by atoms with van der Waals surface area (Å²) in [6.45, 7) is 2.99. The zero-order valence-corrected chi connectivity index (χ0v) is 14.6. The summed E-state index contributed by atoms with van der Waals surface area (Å²) in [7, 11) is 0. The van der Waals surface area contributed by atoms with E-state index in [0.29, 0.717) is 13.1 Å². The molecule has 4 rings (SSSR count). The summed E-state index contributed by atoms with van der Waals surface area (Å²) >= 11 is 1.63. The Hall–Kier alpha value is -1.63. The minimum Gasteiger partial charge on any atom is -0.458 e. The molecule has 0 aromatic carbocycles. The van der Waals surface area contributed by atoms with E-state index in [4.69, 9.17) is 4.74 Å². The Morgan fingerprint density at radius 1 is 1.21 bits per heavy atom. The molecule has 0 N–H and O–H groups in total. The Balaban J connectivity index is 1.43. The SMILES string of the molecule is O=C1CC(C(=O)N2CCN(c3nccs3)CC2)C2(CCCCC2)O1. The van der Waals surface area contributed by atoms with Crippen LogP contribution in [0.5, 0.6) is 0 Å². The number of rotatable bonds is 2. The number of ether oxygens (including phenoxy) is 1. The van der Waals surface area contributed by atoms with Crippen LogP contribution in [-0.4, -0.2) is 53.5 Å². The smallest absolute Gasteiger partial charge is 0.307 e. The van der Waals surface area contributed by atoms with E-state index in [-0.39, 0.29) is 24.2 Å². The molecular weight excluding hydrogens is 326 g/mol. The first-order chi connectivity index (χ1) is 11.7. The number of thiazole rings is 1. The predicted octanol–water partition coefficient (Wildman–Crippen LogP) is 2.06. The third kappa shape index (κ3) is 2.79. The van der Waals surface area contributed by atoms with Crippen molar-refractivity contribution in [2.45, 2.75) is 44.1 Å². The standard InChI is InChI=1S/C17H23N3O3S/c21-14-12-13(17(23-14)4-2-1-3-5-17)15(22)19-7-9-20(10-8-19)16-18-6-11-24-16/h6,11,13H,1-5,7-10,12H2. The molecule has 1 atom stereocenters. The monoisotopic (exact) mass is 349 g/mol. The molecule has 1 spiro atoms. The van der Waals surface area contributed by atoms with Gasteiger partial charge in [-0.05, 0) is 25.7 Å².